The van der Waals surface area contributed by atoms with Gasteiger partial charge in [0, 0.05) is 15.4 Å². The zero-order valence-electron chi connectivity index (χ0n) is 12.0. The van der Waals surface area contributed by atoms with Crippen LogP contribution in [0.1, 0.15) is 16.8 Å². The molecule has 2 heterocycles. The minimum atomic E-state index is -3.71. The first kappa shape index (κ1) is 15.2. The molecule has 0 saturated carbocycles. The number of amides is 3. The standard InChI is InChI=1S/C16H9BrF2N2O3/c17-9-5-4-8-12-7(9)2-1-3-10(12)21(14(8)23)11-6-16(18,19)15(24)20-13(11)22/h1-5,11H,6H2,(H,20,22,24). The molecule has 1 fully saturated rings. The zero-order chi connectivity index (χ0) is 17.2. The lowest BCUT2D eigenvalue weighted by Crippen LogP contribution is -2.61. The highest BCUT2D eigenvalue weighted by Gasteiger charge is 2.52. The molecule has 0 spiro atoms. The Morgan fingerprint density at radius 3 is 2.67 bits per heavy atom. The number of hydrogen-bond acceptors (Lipinski definition) is 3. The summed E-state index contributed by atoms with van der Waals surface area (Å²) in [5.74, 6) is -6.77. The number of anilines is 1. The molecule has 2 aromatic rings. The van der Waals surface area contributed by atoms with Gasteiger partial charge in [0.05, 0.1) is 12.1 Å². The lowest BCUT2D eigenvalue weighted by molar-refractivity contribution is -0.156. The monoisotopic (exact) mass is 394 g/mol. The SMILES string of the molecule is O=C1NC(=O)C(F)(F)CC1N1C(=O)c2ccc(Br)c3cccc1c23. The predicted octanol–water partition coefficient (Wildman–Crippen LogP) is 2.61. The lowest BCUT2D eigenvalue weighted by Gasteiger charge is -2.33. The molecule has 1 atom stereocenters. The van der Waals surface area contributed by atoms with E-state index in [1.165, 1.54) is 0 Å². The summed E-state index contributed by atoms with van der Waals surface area (Å²) in [6.45, 7) is 0. The van der Waals surface area contributed by atoms with E-state index in [9.17, 15) is 23.2 Å². The van der Waals surface area contributed by atoms with E-state index in [4.69, 9.17) is 0 Å². The van der Waals surface area contributed by atoms with Crippen LogP contribution in [0.3, 0.4) is 0 Å². The van der Waals surface area contributed by atoms with Crippen molar-refractivity contribution in [3.8, 4) is 0 Å². The number of alkyl halides is 2. The normalized spacial score (nSPS) is 22.2. The van der Waals surface area contributed by atoms with Crippen LogP contribution >= 0.6 is 15.9 Å². The molecule has 2 aliphatic rings. The summed E-state index contributed by atoms with van der Waals surface area (Å²) in [5, 5.41) is 3.01. The van der Waals surface area contributed by atoms with Crippen LogP contribution in [-0.4, -0.2) is 29.7 Å². The molecule has 3 amide bonds. The van der Waals surface area contributed by atoms with Crippen molar-refractivity contribution in [1.29, 1.82) is 0 Å². The summed E-state index contributed by atoms with van der Waals surface area (Å²) < 4.78 is 28.3. The van der Waals surface area contributed by atoms with Gasteiger partial charge in [-0.25, -0.2) is 0 Å². The number of nitrogens with one attached hydrogen (secondary N) is 1. The van der Waals surface area contributed by atoms with Crippen molar-refractivity contribution in [3.05, 3.63) is 40.4 Å². The third-order valence-electron chi connectivity index (χ3n) is 4.31. The Balaban J connectivity index is 1.88. The molecule has 4 rings (SSSR count). The smallest absolute Gasteiger partial charge is 0.295 e. The van der Waals surface area contributed by atoms with Crippen molar-refractivity contribution < 1.29 is 23.2 Å². The first-order valence-corrected chi connectivity index (χ1v) is 7.88. The van der Waals surface area contributed by atoms with E-state index < -0.39 is 36.1 Å². The number of imide groups is 1. The average molecular weight is 395 g/mol. The highest BCUT2D eigenvalue weighted by atomic mass is 79.9. The van der Waals surface area contributed by atoms with Crippen LogP contribution in [0.25, 0.3) is 10.8 Å². The number of hydrogen-bond donors (Lipinski definition) is 1. The Morgan fingerprint density at radius 1 is 1.17 bits per heavy atom. The molecule has 2 aromatic carbocycles. The van der Waals surface area contributed by atoms with Crippen LogP contribution in [0.5, 0.6) is 0 Å². The Morgan fingerprint density at radius 2 is 1.92 bits per heavy atom. The molecule has 8 heteroatoms. The largest absolute Gasteiger partial charge is 0.327 e. The minimum absolute atomic E-state index is 0.344. The van der Waals surface area contributed by atoms with Gasteiger partial charge in [0.15, 0.2) is 0 Å². The van der Waals surface area contributed by atoms with Gasteiger partial charge in [0.2, 0.25) is 5.91 Å². The summed E-state index contributed by atoms with van der Waals surface area (Å²) in [6, 6.07) is 6.92. The first-order chi connectivity index (χ1) is 11.3. The third kappa shape index (κ3) is 1.92. The Hall–Kier alpha value is -2.35. The van der Waals surface area contributed by atoms with Crippen LogP contribution in [0.2, 0.25) is 0 Å². The number of nitrogens with zero attached hydrogens (tertiary/aromatic N) is 1. The summed E-state index contributed by atoms with van der Waals surface area (Å²) in [7, 11) is 0. The van der Waals surface area contributed by atoms with Crippen LogP contribution in [0.4, 0.5) is 14.5 Å². The van der Waals surface area contributed by atoms with Crippen LogP contribution in [-0.2, 0) is 9.59 Å². The number of benzene rings is 2. The number of piperidine rings is 1. The van der Waals surface area contributed by atoms with Crippen LogP contribution < -0.4 is 10.2 Å². The van der Waals surface area contributed by atoms with Gasteiger partial charge in [-0.3, -0.25) is 24.6 Å². The molecule has 1 N–H and O–H groups in total. The van der Waals surface area contributed by atoms with Crippen molar-refractivity contribution in [1.82, 2.24) is 5.32 Å². The van der Waals surface area contributed by atoms with Crippen molar-refractivity contribution in [2.24, 2.45) is 0 Å². The highest BCUT2D eigenvalue weighted by Crippen LogP contribution is 2.42. The van der Waals surface area contributed by atoms with E-state index in [-0.39, 0.29) is 0 Å². The van der Waals surface area contributed by atoms with Gasteiger partial charge in [-0.05, 0) is 23.6 Å². The predicted molar refractivity (Wildman–Crippen MR) is 85.0 cm³/mol. The van der Waals surface area contributed by atoms with Crippen molar-refractivity contribution in [2.75, 3.05) is 4.90 Å². The molecule has 0 radical (unpaired) electrons. The number of carbonyl (C=O) groups is 3. The molecule has 0 bridgehead atoms. The Kier molecular flexibility index (Phi) is 3.05. The van der Waals surface area contributed by atoms with Crippen LogP contribution in [0, 0.1) is 0 Å². The van der Waals surface area contributed by atoms with Crippen molar-refractivity contribution in [3.63, 3.8) is 0 Å². The van der Waals surface area contributed by atoms with E-state index in [1.54, 1.807) is 35.6 Å². The van der Waals surface area contributed by atoms with E-state index in [1.807, 2.05) is 0 Å². The molecule has 0 aromatic heterocycles. The van der Waals surface area contributed by atoms with E-state index in [0.717, 1.165) is 14.8 Å². The molecular weight excluding hydrogens is 386 g/mol. The second-order valence-electron chi connectivity index (χ2n) is 5.71. The summed E-state index contributed by atoms with van der Waals surface area (Å²) in [6.07, 6.45) is -1.03. The topological polar surface area (TPSA) is 66.5 Å². The third-order valence-corrected chi connectivity index (χ3v) is 5.00. The Bertz CT molecular complexity index is 944. The summed E-state index contributed by atoms with van der Waals surface area (Å²) in [4.78, 5) is 37.1. The van der Waals surface area contributed by atoms with Gasteiger partial charge in [-0.15, -0.1) is 0 Å². The first-order valence-electron chi connectivity index (χ1n) is 7.09. The fourth-order valence-electron chi connectivity index (χ4n) is 3.20. The van der Waals surface area contributed by atoms with Crippen molar-refractivity contribution in [2.45, 2.75) is 18.4 Å². The van der Waals surface area contributed by atoms with E-state index >= 15 is 0 Å². The number of rotatable bonds is 1. The number of carbonyl (C=O) groups excluding carboxylic acids is 3. The molecule has 1 unspecified atom stereocenters. The molecule has 2 aliphatic heterocycles. The summed E-state index contributed by atoms with van der Waals surface area (Å²) in [5.41, 5.74) is 0.732. The minimum Gasteiger partial charge on any atom is -0.295 e. The lowest BCUT2D eigenvalue weighted by atomic mass is 10.0. The average Bonchev–Trinajstić information content (AvgIpc) is 2.81. The maximum atomic E-state index is 13.8. The fourth-order valence-corrected chi connectivity index (χ4v) is 3.67. The fraction of sp³-hybridized carbons (Fsp3) is 0.188. The maximum Gasteiger partial charge on any atom is 0.327 e. The van der Waals surface area contributed by atoms with Gasteiger partial charge < -0.3 is 0 Å². The van der Waals surface area contributed by atoms with Gasteiger partial charge in [-0.2, -0.15) is 8.78 Å². The van der Waals surface area contributed by atoms with Crippen LogP contribution in [0.15, 0.2) is 34.8 Å². The Labute approximate surface area is 142 Å². The maximum absolute atomic E-state index is 13.8. The van der Waals surface area contributed by atoms with Gasteiger partial charge in [0.1, 0.15) is 6.04 Å². The van der Waals surface area contributed by atoms with Gasteiger partial charge in [-0.1, -0.05) is 28.1 Å². The number of halogens is 3. The zero-order valence-corrected chi connectivity index (χ0v) is 13.6. The van der Waals surface area contributed by atoms with E-state index in [0.29, 0.717) is 16.6 Å². The molecule has 24 heavy (non-hydrogen) atoms. The molecular formula is C16H9BrF2N2O3. The highest BCUT2D eigenvalue weighted by molar-refractivity contribution is 9.10. The van der Waals surface area contributed by atoms with Gasteiger partial charge >= 0.3 is 5.92 Å². The van der Waals surface area contributed by atoms with E-state index in [2.05, 4.69) is 15.9 Å². The molecule has 122 valence electrons. The quantitative estimate of drug-likeness (QED) is 0.756. The molecule has 5 nitrogen and oxygen atoms in total. The molecule has 0 aliphatic carbocycles. The van der Waals surface area contributed by atoms with Crippen molar-refractivity contribution >= 4 is 50.1 Å². The van der Waals surface area contributed by atoms with Gasteiger partial charge in [0.25, 0.3) is 11.8 Å². The second-order valence-corrected chi connectivity index (χ2v) is 6.57. The second kappa shape index (κ2) is 4.83. The summed E-state index contributed by atoms with van der Waals surface area (Å²) >= 11 is 3.39. The molecule has 1 saturated heterocycles.